The van der Waals surface area contributed by atoms with Gasteiger partial charge in [-0.2, -0.15) is 18.2 Å². The van der Waals surface area contributed by atoms with Gasteiger partial charge in [0, 0.05) is 0 Å². The maximum atomic E-state index is 12.1. The third-order valence-electron chi connectivity index (χ3n) is 2.29. The van der Waals surface area contributed by atoms with Crippen molar-refractivity contribution < 1.29 is 18.0 Å². The first kappa shape index (κ1) is 12.6. The summed E-state index contributed by atoms with van der Waals surface area (Å²) in [6.45, 7) is 1.77. The summed E-state index contributed by atoms with van der Waals surface area (Å²) in [5.74, 6) is 3.48. The Morgan fingerprint density at radius 2 is 2.11 bits per heavy atom. The van der Waals surface area contributed by atoms with Crippen LogP contribution in [0.1, 0.15) is 5.56 Å². The number of benzene rings is 1. The molecule has 1 aromatic carbocycles. The number of amides is 1. The second-order valence-corrected chi connectivity index (χ2v) is 4.60. The van der Waals surface area contributed by atoms with Crippen molar-refractivity contribution in [3.63, 3.8) is 0 Å². The van der Waals surface area contributed by atoms with E-state index in [0.29, 0.717) is 10.2 Å². The van der Waals surface area contributed by atoms with Gasteiger partial charge in [0.15, 0.2) is 0 Å². The van der Waals surface area contributed by atoms with Crippen LogP contribution < -0.4 is 10.6 Å². The lowest BCUT2D eigenvalue weighted by molar-refractivity contribution is -0.169. The highest BCUT2D eigenvalue weighted by molar-refractivity contribution is 7.16. The molecule has 18 heavy (non-hydrogen) atoms. The number of nitrogens with zero attached hydrogens (tertiary/aromatic N) is 2. The molecule has 0 bridgehead atoms. The van der Waals surface area contributed by atoms with Crippen molar-refractivity contribution in [2.45, 2.75) is 13.1 Å². The van der Waals surface area contributed by atoms with Gasteiger partial charge >= 0.3 is 12.1 Å². The molecule has 1 heterocycles. The average Bonchev–Trinajstić information content (AvgIpc) is 2.56. The number of thiazole rings is 1. The van der Waals surface area contributed by atoms with E-state index >= 15 is 0 Å². The van der Waals surface area contributed by atoms with Crippen LogP contribution in [0.5, 0.6) is 0 Å². The molecule has 0 saturated heterocycles. The number of carbonyl (C=O) groups is 1. The lowest BCUT2D eigenvalue weighted by atomic mass is 10.2. The van der Waals surface area contributed by atoms with Gasteiger partial charge in [0.25, 0.3) is 0 Å². The Bertz CT molecular complexity index is 684. The van der Waals surface area contributed by atoms with Crippen molar-refractivity contribution in [3.05, 3.63) is 28.6 Å². The Labute approximate surface area is 103 Å². The van der Waals surface area contributed by atoms with Crippen LogP contribution in [0, 0.1) is 6.92 Å². The molecule has 0 fully saturated rings. The molecular formula is C10H8F3N3OS. The van der Waals surface area contributed by atoms with Crippen LogP contribution in [-0.4, -0.2) is 16.8 Å². The van der Waals surface area contributed by atoms with Gasteiger partial charge < -0.3 is 5.84 Å². The minimum absolute atomic E-state index is 0.179. The average molecular weight is 275 g/mol. The fraction of sp³-hybridized carbons (Fsp3) is 0.200. The van der Waals surface area contributed by atoms with Crippen molar-refractivity contribution >= 4 is 27.5 Å². The van der Waals surface area contributed by atoms with Crippen LogP contribution in [0.2, 0.25) is 0 Å². The Kier molecular flexibility index (Phi) is 2.89. The third kappa shape index (κ3) is 2.10. The number of halogens is 3. The lowest BCUT2D eigenvalue weighted by Crippen LogP contribution is -2.28. The van der Waals surface area contributed by atoms with E-state index in [4.69, 9.17) is 5.84 Å². The van der Waals surface area contributed by atoms with Gasteiger partial charge in [-0.25, -0.2) is 4.68 Å². The highest BCUT2D eigenvalue weighted by atomic mass is 32.1. The zero-order valence-electron chi connectivity index (χ0n) is 9.15. The lowest BCUT2D eigenvalue weighted by Gasteiger charge is -2.00. The van der Waals surface area contributed by atoms with Gasteiger partial charge in [-0.05, 0) is 18.6 Å². The van der Waals surface area contributed by atoms with Crippen LogP contribution in [-0.2, 0) is 4.79 Å². The number of carbonyl (C=O) groups excluding carboxylic acids is 1. The van der Waals surface area contributed by atoms with E-state index in [9.17, 15) is 18.0 Å². The normalized spacial score (nSPS) is 13.2. The number of fused-ring (bicyclic) bond motifs is 1. The monoisotopic (exact) mass is 275 g/mol. The minimum Gasteiger partial charge on any atom is -0.337 e. The Balaban J connectivity index is 2.67. The molecule has 2 N–H and O–H groups in total. The molecule has 0 spiro atoms. The van der Waals surface area contributed by atoms with Gasteiger partial charge in [-0.1, -0.05) is 23.5 Å². The summed E-state index contributed by atoms with van der Waals surface area (Å²) in [6, 6.07) is 5.23. The number of aromatic nitrogens is 1. The zero-order chi connectivity index (χ0) is 13.5. The number of nitrogen functional groups attached to an aromatic ring is 1. The molecule has 0 aliphatic rings. The fourth-order valence-corrected chi connectivity index (χ4v) is 2.51. The summed E-state index contributed by atoms with van der Waals surface area (Å²) in [5, 5.41) is 0. The SMILES string of the molecule is Cc1cccc2sc(=NC(=O)C(F)(F)F)n(N)c12. The van der Waals surface area contributed by atoms with Crippen molar-refractivity contribution in [2.75, 3.05) is 5.84 Å². The topological polar surface area (TPSA) is 60.4 Å². The van der Waals surface area contributed by atoms with E-state index in [0.717, 1.165) is 21.6 Å². The Morgan fingerprint density at radius 3 is 2.67 bits per heavy atom. The van der Waals surface area contributed by atoms with E-state index in [1.807, 2.05) is 0 Å². The quantitative estimate of drug-likeness (QED) is 0.744. The number of alkyl halides is 3. The van der Waals surface area contributed by atoms with E-state index in [1.165, 1.54) is 0 Å². The summed E-state index contributed by atoms with van der Waals surface area (Å²) in [5.41, 5.74) is 1.36. The van der Waals surface area contributed by atoms with Gasteiger partial charge in [-0.15, -0.1) is 0 Å². The fourth-order valence-electron chi connectivity index (χ4n) is 1.49. The molecule has 96 valence electrons. The number of rotatable bonds is 0. The maximum Gasteiger partial charge on any atom is 0.473 e. The molecule has 2 rings (SSSR count). The number of para-hydroxylation sites is 1. The summed E-state index contributed by atoms with van der Waals surface area (Å²) < 4.78 is 38.0. The number of aryl methyl sites for hydroxylation is 1. The second kappa shape index (κ2) is 4.13. The van der Waals surface area contributed by atoms with Crippen LogP contribution in [0.15, 0.2) is 23.2 Å². The standard InChI is InChI=1S/C10H8F3N3OS/c1-5-3-2-4-6-7(5)16(14)9(18-6)15-8(17)10(11,12)13/h2-4H,14H2,1H3. The number of nitrogens with two attached hydrogens (primary N) is 1. The summed E-state index contributed by atoms with van der Waals surface area (Å²) in [6.07, 6.45) is -4.99. The molecule has 1 aromatic heterocycles. The van der Waals surface area contributed by atoms with Crippen molar-refractivity contribution in [2.24, 2.45) is 4.99 Å². The largest absolute Gasteiger partial charge is 0.473 e. The molecule has 0 aliphatic heterocycles. The predicted octanol–water partition coefficient (Wildman–Crippen LogP) is 1.71. The third-order valence-corrected chi connectivity index (χ3v) is 3.31. The molecule has 4 nitrogen and oxygen atoms in total. The highest BCUT2D eigenvalue weighted by Crippen LogP contribution is 2.20. The van der Waals surface area contributed by atoms with Crippen LogP contribution in [0.25, 0.3) is 10.2 Å². The predicted molar refractivity (Wildman–Crippen MR) is 61.3 cm³/mol. The van der Waals surface area contributed by atoms with Gasteiger partial charge in [0.1, 0.15) is 0 Å². The summed E-state index contributed by atoms with van der Waals surface area (Å²) in [4.78, 5) is 13.6. The molecule has 1 amide bonds. The minimum atomic E-state index is -4.99. The molecule has 2 aromatic rings. The van der Waals surface area contributed by atoms with E-state index in [2.05, 4.69) is 4.99 Å². The maximum absolute atomic E-state index is 12.1. The Morgan fingerprint density at radius 1 is 1.44 bits per heavy atom. The number of hydrogen-bond donors (Lipinski definition) is 1. The molecule has 8 heteroatoms. The van der Waals surface area contributed by atoms with Crippen molar-refractivity contribution in [1.82, 2.24) is 4.68 Å². The van der Waals surface area contributed by atoms with Crippen molar-refractivity contribution in [1.29, 1.82) is 0 Å². The molecule has 0 radical (unpaired) electrons. The van der Waals surface area contributed by atoms with Gasteiger partial charge in [0.2, 0.25) is 4.80 Å². The molecule has 0 saturated carbocycles. The first-order valence-electron chi connectivity index (χ1n) is 4.83. The van der Waals surface area contributed by atoms with Crippen LogP contribution >= 0.6 is 11.3 Å². The van der Waals surface area contributed by atoms with E-state index in [-0.39, 0.29) is 4.80 Å². The van der Waals surface area contributed by atoms with Gasteiger partial charge in [-0.3, -0.25) is 4.79 Å². The smallest absolute Gasteiger partial charge is 0.337 e. The zero-order valence-corrected chi connectivity index (χ0v) is 9.97. The molecule has 0 atom stereocenters. The van der Waals surface area contributed by atoms with Crippen molar-refractivity contribution in [3.8, 4) is 0 Å². The van der Waals surface area contributed by atoms with Crippen LogP contribution in [0.3, 0.4) is 0 Å². The van der Waals surface area contributed by atoms with E-state index < -0.39 is 12.1 Å². The molecular weight excluding hydrogens is 267 g/mol. The summed E-state index contributed by atoms with van der Waals surface area (Å²) >= 11 is 0.933. The van der Waals surface area contributed by atoms with Gasteiger partial charge in [0.05, 0.1) is 10.2 Å². The number of hydrogen-bond acceptors (Lipinski definition) is 3. The highest BCUT2D eigenvalue weighted by Gasteiger charge is 2.38. The molecule has 0 aliphatic carbocycles. The van der Waals surface area contributed by atoms with Crippen LogP contribution in [0.4, 0.5) is 13.2 Å². The first-order valence-corrected chi connectivity index (χ1v) is 5.64. The Hall–Kier alpha value is -1.83. The molecule has 0 unspecified atom stereocenters. The first-order chi connectivity index (χ1) is 8.30. The second-order valence-electron chi connectivity index (χ2n) is 3.59. The van der Waals surface area contributed by atoms with E-state index in [1.54, 1.807) is 25.1 Å². The summed E-state index contributed by atoms with van der Waals surface area (Å²) in [7, 11) is 0.